The first-order valence-corrected chi connectivity index (χ1v) is 18.5. The van der Waals surface area contributed by atoms with Crippen molar-refractivity contribution in [3.63, 3.8) is 0 Å². The van der Waals surface area contributed by atoms with Crippen LogP contribution in [0.2, 0.25) is 0 Å². The molecule has 0 saturated carbocycles. The molecule has 0 spiro atoms. The van der Waals surface area contributed by atoms with Crippen LogP contribution in [0.5, 0.6) is 0 Å². The molecule has 3 aromatic rings. The third-order valence-corrected chi connectivity index (χ3v) is 11.2. The van der Waals surface area contributed by atoms with Gasteiger partial charge in [-0.2, -0.15) is 0 Å². The number of carbonyl (C=O) groups excluding carboxylic acids is 3. The predicted molar refractivity (Wildman–Crippen MR) is 194 cm³/mol. The Labute approximate surface area is 285 Å². The highest BCUT2D eigenvalue weighted by molar-refractivity contribution is 7.27. The van der Waals surface area contributed by atoms with Gasteiger partial charge in [-0.3, -0.25) is 9.59 Å². The summed E-state index contributed by atoms with van der Waals surface area (Å²) in [5.74, 6) is -1.01. The van der Waals surface area contributed by atoms with Gasteiger partial charge in [0.15, 0.2) is 0 Å². The first-order chi connectivity index (χ1) is 21.6. The number of hydrogen-bond acceptors (Lipinski definition) is 10. The Balaban J connectivity index is 2.11. The molecule has 250 valence electrons. The van der Waals surface area contributed by atoms with Gasteiger partial charge in [-0.15, -0.1) is 34.0 Å². The van der Waals surface area contributed by atoms with Crippen molar-refractivity contribution in [1.29, 1.82) is 0 Å². The van der Waals surface area contributed by atoms with Gasteiger partial charge in [0, 0.05) is 26.4 Å². The van der Waals surface area contributed by atoms with E-state index < -0.39 is 5.97 Å². The smallest absolute Gasteiger partial charge is 0.331 e. The lowest BCUT2D eigenvalue weighted by Gasteiger charge is -2.29. The van der Waals surface area contributed by atoms with Gasteiger partial charge in [0.1, 0.15) is 11.4 Å². The molecule has 0 unspecified atom stereocenters. The van der Waals surface area contributed by atoms with Crippen LogP contribution in [0, 0.1) is 0 Å². The first-order valence-electron chi connectivity index (χ1n) is 16.1. The summed E-state index contributed by atoms with van der Waals surface area (Å²) in [6.07, 6.45) is 6.49. The molecule has 0 fully saturated rings. The zero-order chi connectivity index (χ0) is 34.2. The second-order valence-electron chi connectivity index (χ2n) is 13.6. The van der Waals surface area contributed by atoms with E-state index in [-0.39, 0.29) is 33.8 Å². The third-order valence-electron chi connectivity index (χ3n) is 7.48. The lowest BCUT2D eigenvalue weighted by Crippen LogP contribution is -2.21. The summed E-state index contributed by atoms with van der Waals surface area (Å²) >= 11 is 4.54. The molecule has 1 N–H and O–H groups in total. The number of oxime groups is 2. The van der Waals surface area contributed by atoms with Crippen molar-refractivity contribution in [2.75, 3.05) is 0 Å². The minimum atomic E-state index is -0.555. The molecule has 0 aliphatic carbocycles. The summed E-state index contributed by atoms with van der Waals surface area (Å²) in [6.45, 7) is 18.7. The molecule has 0 saturated heterocycles. The van der Waals surface area contributed by atoms with Crippen LogP contribution < -0.4 is 0 Å². The van der Waals surface area contributed by atoms with Crippen LogP contribution in [-0.2, 0) is 20.5 Å². The molecule has 3 rings (SSSR count). The van der Waals surface area contributed by atoms with Crippen molar-refractivity contribution in [3.8, 4) is 19.5 Å². The van der Waals surface area contributed by atoms with Crippen molar-refractivity contribution in [3.05, 3.63) is 45.1 Å². The summed E-state index contributed by atoms with van der Waals surface area (Å²) in [5.41, 5.74) is 2.46. The number of ketones is 2. The fourth-order valence-corrected chi connectivity index (χ4v) is 9.14. The van der Waals surface area contributed by atoms with Gasteiger partial charge in [-0.05, 0) is 71.9 Å². The summed E-state index contributed by atoms with van der Waals surface area (Å²) in [6, 6.07) is 7.66. The summed E-state index contributed by atoms with van der Waals surface area (Å²) in [5, 5.41) is 16.8. The molecule has 3 aromatic heterocycles. The molecular formula is C36H48N2O5S3. The van der Waals surface area contributed by atoms with Crippen LogP contribution in [0.15, 0.2) is 34.6 Å². The fraction of sp³-hybridized carbons (Fsp3) is 0.528. The fourth-order valence-electron chi connectivity index (χ4n) is 5.25. The van der Waals surface area contributed by atoms with Gasteiger partial charge in [0.05, 0.1) is 9.75 Å². The van der Waals surface area contributed by atoms with E-state index in [9.17, 15) is 19.6 Å². The van der Waals surface area contributed by atoms with Crippen LogP contribution in [0.3, 0.4) is 0 Å². The van der Waals surface area contributed by atoms with Crippen LogP contribution in [0.25, 0.3) is 19.5 Å². The number of rotatable bonds is 15. The van der Waals surface area contributed by atoms with Crippen LogP contribution in [0.4, 0.5) is 0 Å². The number of unbranched alkanes of at least 4 members (excludes halogenated alkanes) is 4. The molecule has 0 aliphatic heterocycles. The Morgan fingerprint density at radius 1 is 0.696 bits per heavy atom. The van der Waals surface area contributed by atoms with Crippen LogP contribution in [0.1, 0.15) is 144 Å². The quantitative estimate of drug-likeness (QED) is 0.0428. The Bertz CT molecular complexity index is 1590. The normalized spacial score (nSPS) is 12.9. The largest absolute Gasteiger partial charge is 0.411 e. The molecule has 0 aromatic carbocycles. The molecule has 0 aliphatic rings. The van der Waals surface area contributed by atoms with Crippen molar-refractivity contribution in [2.24, 2.45) is 10.3 Å². The average Bonchev–Trinajstić information content (AvgIpc) is 3.74. The van der Waals surface area contributed by atoms with Gasteiger partial charge in [0.2, 0.25) is 11.6 Å². The Morgan fingerprint density at radius 3 is 1.61 bits per heavy atom. The predicted octanol–water partition coefficient (Wildman–Crippen LogP) is 11.1. The Kier molecular flexibility index (Phi) is 13.2. The maximum absolute atomic E-state index is 13.6. The van der Waals surface area contributed by atoms with Gasteiger partial charge in [-0.1, -0.05) is 91.4 Å². The highest BCUT2D eigenvalue weighted by Gasteiger charge is 2.35. The molecule has 0 bridgehead atoms. The monoisotopic (exact) mass is 684 g/mol. The van der Waals surface area contributed by atoms with Gasteiger partial charge >= 0.3 is 5.97 Å². The molecule has 10 heteroatoms. The number of Topliss-reactive ketones (excluding diaryl/α,β-unsaturated/α-hetero) is 2. The highest BCUT2D eigenvalue weighted by Crippen LogP contribution is 2.53. The van der Waals surface area contributed by atoms with Crippen molar-refractivity contribution < 1.29 is 24.4 Å². The number of thiophene rings is 3. The maximum Gasteiger partial charge on any atom is 0.331 e. The van der Waals surface area contributed by atoms with E-state index in [0.29, 0.717) is 22.6 Å². The highest BCUT2D eigenvalue weighted by atomic mass is 32.1. The van der Waals surface area contributed by atoms with Gasteiger partial charge < -0.3 is 10.0 Å². The number of nitrogens with zero attached hydrogens (tertiary/aromatic N) is 2. The van der Waals surface area contributed by atoms with Crippen LogP contribution >= 0.6 is 34.0 Å². The number of carbonyl (C=O) groups is 3. The van der Waals surface area contributed by atoms with Crippen molar-refractivity contribution in [2.45, 2.75) is 125 Å². The van der Waals surface area contributed by atoms with Gasteiger partial charge in [-0.25, -0.2) is 4.79 Å². The van der Waals surface area contributed by atoms with Crippen molar-refractivity contribution in [1.82, 2.24) is 0 Å². The number of hydrogen-bond donors (Lipinski definition) is 1. The van der Waals surface area contributed by atoms with E-state index in [1.165, 1.54) is 40.7 Å². The zero-order valence-corrected chi connectivity index (χ0v) is 31.1. The van der Waals surface area contributed by atoms with E-state index in [1.807, 2.05) is 31.2 Å². The molecule has 7 nitrogen and oxygen atoms in total. The molecule has 0 amide bonds. The average molecular weight is 685 g/mol. The van der Waals surface area contributed by atoms with Gasteiger partial charge in [0.25, 0.3) is 0 Å². The third kappa shape index (κ3) is 9.32. The maximum atomic E-state index is 13.6. The molecular weight excluding hydrogens is 637 g/mol. The standard InChI is InChI=1S/C36H48N2O5S3/c1-10-12-14-15-17-24(38-43-22(3)39)32(41)26-19-21-28(45-26)34-30(36(7,8)9)29(35(4,5)6)33(46-34)27-20-18-25(44-27)31(40)23(37-42)16-13-11-2/h18-21,42H,10-17H2,1-9H3/b37-23+,38-24+. The zero-order valence-electron chi connectivity index (χ0n) is 28.7. The second-order valence-corrected chi connectivity index (χ2v) is 16.8. The van der Waals surface area contributed by atoms with E-state index in [1.54, 1.807) is 11.3 Å². The molecule has 46 heavy (non-hydrogen) atoms. The van der Waals surface area contributed by atoms with E-state index in [4.69, 9.17) is 4.84 Å². The summed E-state index contributed by atoms with van der Waals surface area (Å²) in [7, 11) is 0. The van der Waals surface area contributed by atoms with E-state index in [2.05, 4.69) is 58.8 Å². The van der Waals surface area contributed by atoms with Crippen LogP contribution in [-0.4, -0.2) is 34.2 Å². The SMILES string of the molecule is CCCCCC/C(=N\OC(C)=O)C(=O)c1ccc(-c2sc(-c3ccc(C(=O)/C(CCCC)=N/O)s3)c(C(C)(C)C)c2C(C)(C)C)s1. The van der Waals surface area contributed by atoms with Crippen molar-refractivity contribution >= 4 is 63.0 Å². The van der Waals surface area contributed by atoms with E-state index in [0.717, 1.165) is 58.0 Å². The second kappa shape index (κ2) is 16.2. The lowest BCUT2D eigenvalue weighted by molar-refractivity contribution is -0.140. The van der Waals surface area contributed by atoms with E-state index >= 15 is 0 Å². The Hall–Kier alpha value is -2.95. The molecule has 0 atom stereocenters. The molecule has 0 radical (unpaired) electrons. The topological polar surface area (TPSA) is 105 Å². The summed E-state index contributed by atoms with van der Waals surface area (Å²) in [4.78, 5) is 48.5. The molecule has 3 heterocycles. The Morgan fingerprint density at radius 2 is 1.17 bits per heavy atom. The minimum absolute atomic E-state index is 0.186. The summed E-state index contributed by atoms with van der Waals surface area (Å²) < 4.78 is 0. The first kappa shape index (κ1) is 37.5. The minimum Gasteiger partial charge on any atom is -0.411 e. The lowest BCUT2D eigenvalue weighted by atomic mass is 9.75.